The number of hydrogen-bond acceptors (Lipinski definition) is 5. The number of benzene rings is 2. The summed E-state index contributed by atoms with van der Waals surface area (Å²) in [6.45, 7) is 2.99. The van der Waals surface area contributed by atoms with Crippen molar-refractivity contribution in [2.45, 2.75) is 32.0 Å². The Labute approximate surface area is 206 Å². The Morgan fingerprint density at radius 1 is 1.15 bits per heavy atom. The van der Waals surface area contributed by atoms with E-state index in [9.17, 15) is 18.0 Å². The molecule has 172 valence electrons. The molecule has 0 N–H and O–H groups in total. The number of aryl methyl sites for hydroxylation is 1. The van der Waals surface area contributed by atoms with E-state index in [0.717, 1.165) is 36.8 Å². The zero-order chi connectivity index (χ0) is 23.3. The molecule has 2 heterocycles. The van der Waals surface area contributed by atoms with Gasteiger partial charge in [0.15, 0.2) is 4.88 Å². The number of halogens is 4. The smallest absolute Gasteiger partial charge is 0.417 e. The first-order valence-corrected chi connectivity index (χ1v) is 12.3. The van der Waals surface area contributed by atoms with Gasteiger partial charge in [0.2, 0.25) is 5.88 Å². The Morgan fingerprint density at radius 2 is 1.88 bits per heavy atom. The molecule has 0 saturated heterocycles. The lowest BCUT2D eigenvalue weighted by atomic mass is 10.1. The number of anilines is 2. The van der Waals surface area contributed by atoms with Crippen LogP contribution in [0.5, 0.6) is 11.6 Å². The van der Waals surface area contributed by atoms with E-state index < -0.39 is 11.7 Å². The highest BCUT2D eigenvalue weighted by atomic mass is 127. The van der Waals surface area contributed by atoms with E-state index in [-0.39, 0.29) is 26.0 Å². The maximum atomic E-state index is 13.6. The van der Waals surface area contributed by atoms with Crippen molar-refractivity contribution in [1.29, 1.82) is 0 Å². The summed E-state index contributed by atoms with van der Waals surface area (Å²) in [7, 11) is 0. The van der Waals surface area contributed by atoms with E-state index in [1.54, 1.807) is 34.4 Å². The van der Waals surface area contributed by atoms with Gasteiger partial charge in [-0.2, -0.15) is 13.2 Å². The van der Waals surface area contributed by atoms with Crippen molar-refractivity contribution in [2.24, 2.45) is 0 Å². The van der Waals surface area contributed by atoms with E-state index in [1.165, 1.54) is 23.5 Å². The van der Waals surface area contributed by atoms with Crippen molar-refractivity contribution < 1.29 is 22.7 Å². The first-order chi connectivity index (χ1) is 15.7. The van der Waals surface area contributed by atoms with Crippen molar-refractivity contribution in [3.63, 3.8) is 0 Å². The molecule has 1 aliphatic heterocycles. The standard InChI is InChI=1S/C23H19F3IN3O2S/c1-13-28-21(32-15-8-9-17(27)16(12-15)23(24,25)26)20(33-13)22(31)30-11-10-29(14-6-7-14)18-4-2-3-5-19(18)30/h2-5,8-9,12,14H,6-7,10-11H2,1H3. The Bertz CT molecular complexity index is 1230. The fourth-order valence-electron chi connectivity index (χ4n) is 3.99. The van der Waals surface area contributed by atoms with E-state index >= 15 is 0 Å². The normalized spacial score (nSPS) is 16.0. The number of carbonyl (C=O) groups is 1. The van der Waals surface area contributed by atoms with Gasteiger partial charge in [-0.05, 0) is 72.7 Å². The molecule has 2 aromatic carbocycles. The summed E-state index contributed by atoms with van der Waals surface area (Å²) in [5.41, 5.74) is 1.06. The van der Waals surface area contributed by atoms with Crippen LogP contribution in [0, 0.1) is 10.5 Å². The number of ether oxygens (including phenoxy) is 1. The van der Waals surface area contributed by atoms with Crippen LogP contribution >= 0.6 is 33.9 Å². The molecule has 5 nitrogen and oxygen atoms in total. The van der Waals surface area contributed by atoms with Gasteiger partial charge in [0.05, 0.1) is 21.9 Å². The molecule has 1 saturated carbocycles. The van der Waals surface area contributed by atoms with Crippen LogP contribution in [0.4, 0.5) is 24.5 Å². The van der Waals surface area contributed by atoms with Crippen LogP contribution < -0.4 is 14.5 Å². The third kappa shape index (κ3) is 4.42. The van der Waals surface area contributed by atoms with Crippen LogP contribution in [0.2, 0.25) is 0 Å². The lowest BCUT2D eigenvalue weighted by Gasteiger charge is -2.37. The lowest BCUT2D eigenvalue weighted by Crippen LogP contribution is -2.44. The molecular formula is C23H19F3IN3O2S. The highest BCUT2D eigenvalue weighted by Crippen LogP contribution is 2.42. The average Bonchev–Trinajstić information content (AvgIpc) is 3.55. The second-order valence-electron chi connectivity index (χ2n) is 7.98. The summed E-state index contributed by atoms with van der Waals surface area (Å²) < 4.78 is 45.8. The van der Waals surface area contributed by atoms with Crippen LogP contribution in [0.15, 0.2) is 42.5 Å². The van der Waals surface area contributed by atoms with Gasteiger partial charge in [0.25, 0.3) is 5.91 Å². The van der Waals surface area contributed by atoms with Crippen LogP contribution in [0.25, 0.3) is 0 Å². The molecule has 10 heteroatoms. The number of carbonyl (C=O) groups excluding carboxylic acids is 1. The SMILES string of the molecule is Cc1nc(Oc2ccc(I)c(C(F)(F)F)c2)c(C(=O)N2CCN(C3CC3)c3ccccc32)s1. The maximum Gasteiger partial charge on any atom is 0.417 e. The van der Waals surface area contributed by atoms with E-state index in [2.05, 4.69) is 9.88 Å². The van der Waals surface area contributed by atoms with Gasteiger partial charge >= 0.3 is 6.18 Å². The maximum absolute atomic E-state index is 13.6. The molecule has 0 radical (unpaired) electrons. The van der Waals surface area contributed by atoms with Gasteiger partial charge in [0, 0.05) is 22.7 Å². The molecule has 3 aromatic rings. The van der Waals surface area contributed by atoms with Crippen molar-refractivity contribution in [2.75, 3.05) is 22.9 Å². The van der Waals surface area contributed by atoms with Gasteiger partial charge < -0.3 is 14.5 Å². The molecule has 1 aliphatic carbocycles. The highest BCUT2D eigenvalue weighted by molar-refractivity contribution is 14.1. The third-order valence-electron chi connectivity index (χ3n) is 5.63. The highest BCUT2D eigenvalue weighted by Gasteiger charge is 2.37. The van der Waals surface area contributed by atoms with Crippen LogP contribution in [-0.2, 0) is 6.18 Å². The summed E-state index contributed by atoms with van der Waals surface area (Å²) in [6.07, 6.45) is -2.19. The Morgan fingerprint density at radius 3 is 2.58 bits per heavy atom. The quantitative estimate of drug-likeness (QED) is 0.329. The van der Waals surface area contributed by atoms with Gasteiger partial charge in [0.1, 0.15) is 5.75 Å². The number of nitrogens with zero attached hydrogens (tertiary/aromatic N) is 3. The third-order valence-corrected chi connectivity index (χ3v) is 7.52. The van der Waals surface area contributed by atoms with Gasteiger partial charge in [-0.3, -0.25) is 4.79 Å². The molecule has 0 unspecified atom stereocenters. The first kappa shape index (κ1) is 22.5. The largest absolute Gasteiger partial charge is 0.437 e. The summed E-state index contributed by atoms with van der Waals surface area (Å²) in [4.78, 5) is 22.2. The summed E-state index contributed by atoms with van der Waals surface area (Å²) >= 11 is 2.82. The second-order valence-corrected chi connectivity index (χ2v) is 10.3. The van der Waals surface area contributed by atoms with Crippen molar-refractivity contribution in [1.82, 2.24) is 4.98 Å². The molecule has 33 heavy (non-hydrogen) atoms. The van der Waals surface area contributed by atoms with Crippen molar-refractivity contribution >= 4 is 51.2 Å². The van der Waals surface area contributed by atoms with Crippen LogP contribution in [-0.4, -0.2) is 30.0 Å². The fourth-order valence-corrected chi connectivity index (χ4v) is 5.43. The first-order valence-electron chi connectivity index (χ1n) is 10.4. The molecule has 2 aliphatic rings. The van der Waals surface area contributed by atoms with E-state index in [4.69, 9.17) is 4.74 Å². The van der Waals surface area contributed by atoms with Gasteiger partial charge in [-0.25, -0.2) is 4.98 Å². The molecule has 0 bridgehead atoms. The monoisotopic (exact) mass is 585 g/mol. The predicted molar refractivity (Wildman–Crippen MR) is 130 cm³/mol. The number of thiazole rings is 1. The predicted octanol–water partition coefficient (Wildman–Crippen LogP) is 6.50. The minimum atomic E-state index is -4.50. The van der Waals surface area contributed by atoms with Crippen molar-refractivity contribution in [3.8, 4) is 11.6 Å². The second kappa shape index (κ2) is 8.46. The number of hydrogen-bond donors (Lipinski definition) is 0. The lowest BCUT2D eigenvalue weighted by molar-refractivity contribution is -0.138. The van der Waals surface area contributed by atoms with Gasteiger partial charge in [-0.15, -0.1) is 11.3 Å². The van der Waals surface area contributed by atoms with Gasteiger partial charge in [-0.1, -0.05) is 12.1 Å². The molecule has 5 rings (SSSR count). The Kier molecular flexibility index (Phi) is 5.76. The van der Waals surface area contributed by atoms with Crippen LogP contribution in [0.1, 0.15) is 33.1 Å². The summed E-state index contributed by atoms with van der Waals surface area (Å²) in [5, 5.41) is 0.597. The molecule has 0 atom stereocenters. The summed E-state index contributed by atoms with van der Waals surface area (Å²) in [5.74, 6) is -0.250. The molecule has 1 aromatic heterocycles. The number of aromatic nitrogens is 1. The molecule has 1 fully saturated rings. The zero-order valence-corrected chi connectivity index (χ0v) is 20.5. The number of fused-ring (bicyclic) bond motifs is 1. The number of alkyl halides is 3. The zero-order valence-electron chi connectivity index (χ0n) is 17.5. The molecule has 1 amide bonds. The summed E-state index contributed by atoms with van der Waals surface area (Å²) in [6, 6.07) is 12.1. The number of rotatable bonds is 4. The Hall–Kier alpha value is -2.34. The van der Waals surface area contributed by atoms with E-state index in [1.807, 2.05) is 24.3 Å². The molecule has 0 spiro atoms. The van der Waals surface area contributed by atoms with E-state index in [0.29, 0.717) is 17.6 Å². The van der Waals surface area contributed by atoms with Crippen molar-refractivity contribution in [3.05, 3.63) is 61.5 Å². The topological polar surface area (TPSA) is 45.7 Å². The van der Waals surface area contributed by atoms with Crippen LogP contribution in [0.3, 0.4) is 0 Å². The number of para-hydroxylation sites is 2. The molecular weight excluding hydrogens is 566 g/mol. The number of amides is 1. The average molecular weight is 585 g/mol. The minimum Gasteiger partial charge on any atom is -0.437 e. The fraction of sp³-hybridized carbons (Fsp3) is 0.304. The minimum absolute atomic E-state index is 0.0129. The Balaban J connectivity index is 1.46.